The Hall–Kier alpha value is -2.39. The van der Waals surface area contributed by atoms with Crippen LogP contribution in [-0.2, 0) is 17.1 Å². The van der Waals surface area contributed by atoms with Gasteiger partial charge in [-0.3, -0.25) is 9.80 Å². The number of primary amides is 1. The van der Waals surface area contributed by atoms with Crippen LogP contribution in [0.15, 0.2) is 30.5 Å². The molecule has 1 heterocycles. The molecule has 1 atom stereocenters. The van der Waals surface area contributed by atoms with Gasteiger partial charge in [0.15, 0.2) is 0 Å². The number of carbonyl (C=O) groups excluding carboxylic acids is 1. The molecular weight excluding hydrogens is 316 g/mol. The molecule has 0 saturated carbocycles. The number of nitrogens with one attached hydrogen (secondary N) is 1. The van der Waals surface area contributed by atoms with Crippen molar-refractivity contribution in [2.24, 2.45) is 5.73 Å². The van der Waals surface area contributed by atoms with Crippen LogP contribution in [-0.4, -0.2) is 11.9 Å². The van der Waals surface area contributed by atoms with Crippen molar-refractivity contribution in [1.82, 2.24) is 5.43 Å². The highest BCUT2D eigenvalue weighted by atomic mass is 19.4. The van der Waals surface area contributed by atoms with Gasteiger partial charge in [-0.05, 0) is 18.2 Å². The summed E-state index contributed by atoms with van der Waals surface area (Å²) < 4.78 is 78.0. The summed E-state index contributed by atoms with van der Waals surface area (Å²) in [5.41, 5.74) is 2.75. The monoisotopic (exact) mass is 325 g/mol. The van der Waals surface area contributed by atoms with Gasteiger partial charge in [0.2, 0.25) is 5.91 Å². The Morgan fingerprint density at radius 1 is 1.14 bits per heavy atom. The van der Waals surface area contributed by atoms with Gasteiger partial charge >= 0.3 is 12.4 Å². The van der Waals surface area contributed by atoms with Gasteiger partial charge in [0.25, 0.3) is 0 Å². The highest BCUT2D eigenvalue weighted by molar-refractivity contribution is 5.86. The number of alkyl halides is 6. The summed E-state index contributed by atoms with van der Waals surface area (Å²) in [5.74, 6) is -1.01. The molecule has 0 saturated heterocycles. The predicted molar refractivity (Wildman–Crippen MR) is 64.2 cm³/mol. The number of amides is 1. The minimum absolute atomic E-state index is 0.328. The second-order valence-corrected chi connectivity index (χ2v) is 4.40. The van der Waals surface area contributed by atoms with Gasteiger partial charge in [-0.1, -0.05) is 6.07 Å². The first-order chi connectivity index (χ1) is 10.0. The van der Waals surface area contributed by atoms with Crippen molar-refractivity contribution in [2.75, 3.05) is 5.01 Å². The standard InChI is InChI=1S/C12H9F6N3O/c13-11(14,15)6-2-1-3-7(9(6)12(16,17)18)21-8(10(19)22)4-5-20-21/h1-5,8,20H,(H2,19,22). The topological polar surface area (TPSA) is 58.4 Å². The lowest BCUT2D eigenvalue weighted by atomic mass is 10.0. The van der Waals surface area contributed by atoms with Crippen LogP contribution in [0.25, 0.3) is 0 Å². The smallest absolute Gasteiger partial charge is 0.368 e. The molecule has 1 aliphatic heterocycles. The second-order valence-electron chi connectivity index (χ2n) is 4.40. The molecule has 22 heavy (non-hydrogen) atoms. The molecule has 0 aromatic heterocycles. The van der Waals surface area contributed by atoms with Crippen molar-refractivity contribution >= 4 is 11.6 Å². The molecule has 0 fully saturated rings. The molecule has 1 unspecified atom stereocenters. The number of anilines is 1. The number of nitrogens with two attached hydrogens (primary N) is 1. The Kier molecular flexibility index (Phi) is 3.71. The first-order valence-electron chi connectivity index (χ1n) is 5.82. The fraction of sp³-hybridized carbons (Fsp3) is 0.250. The Morgan fingerprint density at radius 3 is 2.27 bits per heavy atom. The SMILES string of the molecule is NC(=O)C1C=CNN1c1cccc(C(F)(F)F)c1C(F)(F)F. The lowest BCUT2D eigenvalue weighted by Gasteiger charge is -2.29. The van der Waals surface area contributed by atoms with Gasteiger partial charge < -0.3 is 11.2 Å². The third-order valence-corrected chi connectivity index (χ3v) is 2.95. The van der Waals surface area contributed by atoms with Crippen LogP contribution in [0.5, 0.6) is 0 Å². The first kappa shape index (κ1) is 16.0. The number of rotatable bonds is 2. The normalized spacial score (nSPS) is 18.5. The van der Waals surface area contributed by atoms with Crippen molar-refractivity contribution in [3.05, 3.63) is 41.6 Å². The van der Waals surface area contributed by atoms with E-state index in [2.05, 4.69) is 5.43 Å². The Bertz CT molecular complexity index is 622. The van der Waals surface area contributed by atoms with E-state index in [4.69, 9.17) is 5.73 Å². The van der Waals surface area contributed by atoms with E-state index in [1.807, 2.05) is 0 Å². The summed E-state index contributed by atoms with van der Waals surface area (Å²) in [7, 11) is 0. The summed E-state index contributed by atoms with van der Waals surface area (Å²) in [4.78, 5) is 11.2. The molecule has 0 spiro atoms. The summed E-state index contributed by atoms with van der Waals surface area (Å²) in [6.07, 6.45) is -8.21. The lowest BCUT2D eigenvalue weighted by Crippen LogP contribution is -2.46. The minimum Gasteiger partial charge on any atom is -0.368 e. The molecule has 1 aliphatic rings. The van der Waals surface area contributed by atoms with Crippen LogP contribution in [0, 0.1) is 0 Å². The van der Waals surface area contributed by atoms with Crippen molar-refractivity contribution < 1.29 is 31.1 Å². The molecule has 10 heteroatoms. The van der Waals surface area contributed by atoms with Gasteiger partial charge in [-0.25, -0.2) is 0 Å². The fourth-order valence-corrected chi connectivity index (χ4v) is 2.10. The quantitative estimate of drug-likeness (QED) is 0.821. The van der Waals surface area contributed by atoms with Gasteiger partial charge in [0, 0.05) is 6.20 Å². The van der Waals surface area contributed by atoms with E-state index in [-0.39, 0.29) is 0 Å². The molecular formula is C12H9F6N3O. The van der Waals surface area contributed by atoms with Gasteiger partial charge in [0.1, 0.15) is 6.04 Å². The maximum Gasteiger partial charge on any atom is 0.419 e. The van der Waals surface area contributed by atoms with Crippen molar-refractivity contribution in [3.8, 4) is 0 Å². The fourth-order valence-electron chi connectivity index (χ4n) is 2.10. The molecule has 120 valence electrons. The third kappa shape index (κ3) is 2.81. The van der Waals surface area contributed by atoms with E-state index in [0.29, 0.717) is 11.1 Å². The highest BCUT2D eigenvalue weighted by Crippen LogP contribution is 2.45. The molecule has 0 bridgehead atoms. The summed E-state index contributed by atoms with van der Waals surface area (Å²) >= 11 is 0. The number of benzene rings is 1. The first-order valence-corrected chi connectivity index (χ1v) is 5.82. The molecule has 2 rings (SSSR count). The zero-order valence-corrected chi connectivity index (χ0v) is 10.7. The number of halogens is 6. The van der Waals surface area contributed by atoms with Crippen LogP contribution in [0.4, 0.5) is 32.0 Å². The minimum atomic E-state index is -5.27. The summed E-state index contributed by atoms with van der Waals surface area (Å²) in [6, 6.07) is 0.652. The Labute approximate surface area is 120 Å². The average Bonchev–Trinajstić information content (AvgIpc) is 2.84. The third-order valence-electron chi connectivity index (χ3n) is 2.95. The van der Waals surface area contributed by atoms with E-state index in [1.54, 1.807) is 0 Å². The number of hydrazine groups is 1. The van der Waals surface area contributed by atoms with E-state index in [0.717, 1.165) is 24.4 Å². The molecule has 1 amide bonds. The number of carbonyl (C=O) groups is 1. The van der Waals surface area contributed by atoms with Crippen LogP contribution in [0.1, 0.15) is 11.1 Å². The summed E-state index contributed by atoms with van der Waals surface area (Å²) in [5, 5.41) is 0.639. The summed E-state index contributed by atoms with van der Waals surface area (Å²) in [6.45, 7) is 0. The number of nitrogens with zero attached hydrogens (tertiary/aromatic N) is 1. The van der Waals surface area contributed by atoms with Crippen LogP contribution in [0.2, 0.25) is 0 Å². The van der Waals surface area contributed by atoms with E-state index < -0.39 is 41.1 Å². The number of hydrogen-bond donors (Lipinski definition) is 2. The van der Waals surface area contributed by atoms with Crippen LogP contribution < -0.4 is 16.2 Å². The van der Waals surface area contributed by atoms with E-state index in [1.165, 1.54) is 0 Å². The van der Waals surface area contributed by atoms with E-state index in [9.17, 15) is 31.1 Å². The molecule has 0 radical (unpaired) electrons. The Balaban J connectivity index is 2.65. The van der Waals surface area contributed by atoms with Crippen molar-refractivity contribution in [3.63, 3.8) is 0 Å². The Morgan fingerprint density at radius 2 is 1.77 bits per heavy atom. The molecule has 3 N–H and O–H groups in total. The van der Waals surface area contributed by atoms with Crippen LogP contribution >= 0.6 is 0 Å². The lowest BCUT2D eigenvalue weighted by molar-refractivity contribution is -0.161. The van der Waals surface area contributed by atoms with Gasteiger partial charge in [-0.15, -0.1) is 0 Å². The second kappa shape index (κ2) is 5.11. The highest BCUT2D eigenvalue weighted by Gasteiger charge is 2.46. The van der Waals surface area contributed by atoms with Crippen molar-refractivity contribution in [2.45, 2.75) is 18.4 Å². The molecule has 4 nitrogen and oxygen atoms in total. The average molecular weight is 325 g/mol. The van der Waals surface area contributed by atoms with Crippen LogP contribution in [0.3, 0.4) is 0 Å². The molecule has 1 aromatic rings. The van der Waals surface area contributed by atoms with Gasteiger partial charge in [-0.2, -0.15) is 26.3 Å². The zero-order chi connectivity index (χ0) is 16.7. The number of hydrogen-bond acceptors (Lipinski definition) is 3. The maximum absolute atomic E-state index is 13.1. The zero-order valence-electron chi connectivity index (χ0n) is 10.7. The predicted octanol–water partition coefficient (Wildman–Crippen LogP) is 2.42. The van der Waals surface area contributed by atoms with E-state index >= 15 is 0 Å². The molecule has 1 aromatic carbocycles. The molecule has 0 aliphatic carbocycles. The maximum atomic E-state index is 13.1. The van der Waals surface area contributed by atoms with Crippen molar-refractivity contribution in [1.29, 1.82) is 0 Å². The largest absolute Gasteiger partial charge is 0.419 e. The van der Waals surface area contributed by atoms with Gasteiger partial charge in [0.05, 0.1) is 16.8 Å².